The Labute approximate surface area is 185 Å². The fraction of sp³-hybridized carbons (Fsp3) is 0.217. The zero-order valence-electron chi connectivity index (χ0n) is 17.0. The molecule has 0 unspecified atom stereocenters. The lowest BCUT2D eigenvalue weighted by atomic mass is 9.99. The molecule has 3 rings (SSSR count). The second-order valence-corrected chi connectivity index (χ2v) is 8.42. The summed E-state index contributed by atoms with van der Waals surface area (Å²) in [7, 11) is 1.33. The van der Waals surface area contributed by atoms with Crippen molar-refractivity contribution in [3.63, 3.8) is 0 Å². The van der Waals surface area contributed by atoms with Crippen LogP contribution in [0.3, 0.4) is 0 Å². The summed E-state index contributed by atoms with van der Waals surface area (Å²) in [5.41, 5.74) is 3.88. The molecule has 0 saturated heterocycles. The van der Waals surface area contributed by atoms with Gasteiger partial charge in [-0.15, -0.1) is 11.3 Å². The van der Waals surface area contributed by atoms with Crippen LogP contribution in [0.5, 0.6) is 0 Å². The number of anilines is 2. The monoisotopic (exact) mass is 442 g/mol. The van der Waals surface area contributed by atoms with E-state index in [2.05, 4.69) is 29.7 Å². The Hall–Kier alpha value is -2.83. The van der Waals surface area contributed by atoms with Gasteiger partial charge in [-0.2, -0.15) is 0 Å². The summed E-state index contributed by atoms with van der Waals surface area (Å²) < 4.78 is 5.01. The first-order chi connectivity index (χ1) is 14.4. The minimum Gasteiger partial charge on any atom is -0.465 e. The number of methoxy groups -OCH3 is 1. The summed E-state index contributed by atoms with van der Waals surface area (Å²) in [5.74, 6) is -0.492. The Kier molecular flexibility index (Phi) is 7.13. The molecule has 2 aromatic carbocycles. The van der Waals surface area contributed by atoms with E-state index >= 15 is 0 Å². The van der Waals surface area contributed by atoms with Crippen LogP contribution in [0.1, 0.15) is 34.1 Å². The number of rotatable bonds is 6. The molecule has 2 N–H and O–H groups in total. The molecule has 0 fully saturated rings. The van der Waals surface area contributed by atoms with E-state index in [1.165, 1.54) is 24.0 Å². The maximum Gasteiger partial charge on any atom is 0.341 e. The number of aryl methyl sites for hydroxylation is 2. The van der Waals surface area contributed by atoms with Crippen LogP contribution < -0.4 is 10.6 Å². The molecule has 0 aliphatic heterocycles. The van der Waals surface area contributed by atoms with Crippen LogP contribution >= 0.6 is 22.9 Å². The van der Waals surface area contributed by atoms with Crippen molar-refractivity contribution in [3.8, 4) is 11.1 Å². The predicted octanol–water partition coefficient (Wildman–Crippen LogP) is 6.76. The van der Waals surface area contributed by atoms with E-state index in [0.29, 0.717) is 21.3 Å². The van der Waals surface area contributed by atoms with Gasteiger partial charge in [-0.3, -0.25) is 5.32 Å². The molecule has 156 valence electrons. The summed E-state index contributed by atoms with van der Waals surface area (Å²) in [6.45, 7) is 4.06. The summed E-state index contributed by atoms with van der Waals surface area (Å²) in [5, 5.41) is 6.55. The first-order valence-electron chi connectivity index (χ1n) is 9.57. The van der Waals surface area contributed by atoms with Gasteiger partial charge in [0.15, 0.2) is 0 Å². The summed E-state index contributed by atoms with van der Waals surface area (Å²) in [4.78, 5) is 26.0. The summed E-state index contributed by atoms with van der Waals surface area (Å²) >= 11 is 7.22. The number of amides is 2. The topological polar surface area (TPSA) is 67.4 Å². The van der Waals surface area contributed by atoms with Crippen molar-refractivity contribution >= 4 is 45.6 Å². The van der Waals surface area contributed by atoms with E-state index in [4.69, 9.17) is 16.3 Å². The van der Waals surface area contributed by atoms with Crippen molar-refractivity contribution in [1.82, 2.24) is 0 Å². The number of hydrogen-bond acceptors (Lipinski definition) is 4. The number of thiophene rings is 1. The van der Waals surface area contributed by atoms with Gasteiger partial charge in [-0.1, -0.05) is 49.2 Å². The molecular formula is C23H23ClN2O3S. The average Bonchev–Trinajstić information content (AvgIpc) is 3.05. The van der Waals surface area contributed by atoms with Crippen LogP contribution in [0, 0.1) is 6.92 Å². The zero-order chi connectivity index (χ0) is 21.7. The molecule has 5 nitrogen and oxygen atoms in total. The highest BCUT2D eigenvalue weighted by atomic mass is 35.5. The Balaban J connectivity index is 1.91. The lowest BCUT2D eigenvalue weighted by molar-refractivity contribution is 0.0603. The van der Waals surface area contributed by atoms with Crippen LogP contribution in [0.2, 0.25) is 5.02 Å². The molecular weight excluding hydrogens is 420 g/mol. The normalized spacial score (nSPS) is 10.5. The van der Waals surface area contributed by atoms with Gasteiger partial charge in [0.1, 0.15) is 10.6 Å². The number of urea groups is 1. The summed E-state index contributed by atoms with van der Waals surface area (Å²) in [6, 6.07) is 14.5. The Morgan fingerprint density at radius 3 is 2.30 bits per heavy atom. The van der Waals surface area contributed by atoms with Crippen molar-refractivity contribution in [2.24, 2.45) is 0 Å². The van der Waals surface area contributed by atoms with Crippen molar-refractivity contribution < 1.29 is 14.3 Å². The van der Waals surface area contributed by atoms with E-state index in [9.17, 15) is 9.59 Å². The SMILES string of the molecule is CCCc1ccc(-c2c(C)sc(NC(=O)Nc3ccc(Cl)cc3)c2C(=O)OC)cc1. The second kappa shape index (κ2) is 9.78. The molecule has 1 heterocycles. The van der Waals surface area contributed by atoms with Crippen molar-refractivity contribution in [2.75, 3.05) is 17.7 Å². The van der Waals surface area contributed by atoms with E-state index in [-0.39, 0.29) is 0 Å². The van der Waals surface area contributed by atoms with E-state index < -0.39 is 12.0 Å². The van der Waals surface area contributed by atoms with Gasteiger partial charge in [0, 0.05) is 21.2 Å². The first kappa shape index (κ1) is 21.9. The molecule has 0 saturated carbocycles. The smallest absolute Gasteiger partial charge is 0.341 e. The summed E-state index contributed by atoms with van der Waals surface area (Å²) in [6.07, 6.45) is 2.07. The highest BCUT2D eigenvalue weighted by Crippen LogP contribution is 2.40. The maximum atomic E-state index is 12.6. The van der Waals surface area contributed by atoms with Crippen LogP contribution in [0.15, 0.2) is 48.5 Å². The highest BCUT2D eigenvalue weighted by molar-refractivity contribution is 7.17. The number of halogens is 1. The van der Waals surface area contributed by atoms with Crippen LogP contribution in [-0.4, -0.2) is 19.1 Å². The van der Waals surface area contributed by atoms with Gasteiger partial charge < -0.3 is 10.1 Å². The van der Waals surface area contributed by atoms with Gasteiger partial charge in [0.05, 0.1) is 7.11 Å². The fourth-order valence-corrected chi connectivity index (χ4v) is 4.39. The van der Waals surface area contributed by atoms with Crippen LogP contribution in [0.25, 0.3) is 11.1 Å². The van der Waals surface area contributed by atoms with Gasteiger partial charge in [-0.25, -0.2) is 9.59 Å². The standard InChI is InChI=1S/C23H23ClN2O3S/c1-4-5-15-6-8-16(9-7-15)19-14(2)30-21(20(19)22(27)29-3)26-23(28)25-18-12-10-17(24)11-13-18/h6-13H,4-5H2,1-3H3,(H2,25,26,28). The van der Waals surface area contributed by atoms with Gasteiger partial charge in [0.2, 0.25) is 0 Å². The van der Waals surface area contributed by atoms with Crippen molar-refractivity contribution in [3.05, 3.63) is 69.6 Å². The van der Waals surface area contributed by atoms with E-state index in [1.807, 2.05) is 19.1 Å². The minimum atomic E-state index is -0.492. The molecule has 2 amide bonds. The Morgan fingerprint density at radius 2 is 1.70 bits per heavy atom. The van der Waals surface area contributed by atoms with E-state index in [1.54, 1.807) is 24.3 Å². The molecule has 3 aromatic rings. The molecule has 0 radical (unpaired) electrons. The second-order valence-electron chi connectivity index (χ2n) is 6.76. The van der Waals surface area contributed by atoms with Crippen molar-refractivity contribution in [1.29, 1.82) is 0 Å². The molecule has 1 aromatic heterocycles. The number of esters is 1. The molecule has 0 spiro atoms. The molecule has 0 bridgehead atoms. The highest BCUT2D eigenvalue weighted by Gasteiger charge is 2.25. The fourth-order valence-electron chi connectivity index (χ4n) is 3.20. The molecule has 0 aliphatic rings. The lowest BCUT2D eigenvalue weighted by Crippen LogP contribution is -2.20. The molecule has 0 atom stereocenters. The van der Waals surface area contributed by atoms with Crippen molar-refractivity contribution in [2.45, 2.75) is 26.7 Å². The average molecular weight is 443 g/mol. The molecule has 0 aliphatic carbocycles. The minimum absolute atomic E-state index is 0.356. The lowest BCUT2D eigenvalue weighted by Gasteiger charge is -2.10. The molecule has 7 heteroatoms. The van der Waals surface area contributed by atoms with Crippen LogP contribution in [-0.2, 0) is 11.2 Å². The number of benzene rings is 2. The number of carbonyl (C=O) groups excluding carboxylic acids is 2. The molecule has 30 heavy (non-hydrogen) atoms. The number of hydrogen-bond donors (Lipinski definition) is 2. The third-order valence-corrected chi connectivity index (χ3v) is 5.86. The van der Waals surface area contributed by atoms with Gasteiger partial charge >= 0.3 is 12.0 Å². The Morgan fingerprint density at radius 1 is 1.03 bits per heavy atom. The number of ether oxygens (including phenoxy) is 1. The predicted molar refractivity (Wildman–Crippen MR) is 124 cm³/mol. The van der Waals surface area contributed by atoms with Gasteiger partial charge in [0.25, 0.3) is 0 Å². The zero-order valence-corrected chi connectivity index (χ0v) is 18.6. The van der Waals surface area contributed by atoms with Gasteiger partial charge in [-0.05, 0) is 48.7 Å². The Bertz CT molecular complexity index is 1040. The quantitative estimate of drug-likeness (QED) is 0.414. The maximum absolute atomic E-state index is 12.6. The largest absolute Gasteiger partial charge is 0.465 e. The third kappa shape index (κ3) is 5.01. The van der Waals surface area contributed by atoms with E-state index in [0.717, 1.165) is 28.8 Å². The van der Waals surface area contributed by atoms with Crippen LogP contribution in [0.4, 0.5) is 15.5 Å². The third-order valence-electron chi connectivity index (χ3n) is 4.58. The number of nitrogens with one attached hydrogen (secondary N) is 2. The first-order valence-corrected chi connectivity index (χ1v) is 10.8. The number of carbonyl (C=O) groups is 2.